The fraction of sp³-hybridized carbons (Fsp3) is 0.154. The lowest BCUT2D eigenvalue weighted by Crippen LogP contribution is -2.22. The number of hydrogen-bond donors (Lipinski definition) is 0. The smallest absolute Gasteiger partial charge is 0.242 e. The van der Waals surface area contributed by atoms with Gasteiger partial charge >= 0.3 is 0 Å². The Balaban J connectivity index is 2.38. The van der Waals surface area contributed by atoms with E-state index in [-0.39, 0.29) is 0 Å². The van der Waals surface area contributed by atoms with Gasteiger partial charge in [-0.05, 0) is 35.4 Å². The van der Waals surface area contributed by atoms with Crippen molar-refractivity contribution in [3.63, 3.8) is 0 Å². The summed E-state index contributed by atoms with van der Waals surface area (Å²) in [6.07, 6.45) is 3.42. The molecule has 0 saturated heterocycles. The van der Waals surface area contributed by atoms with Crippen molar-refractivity contribution < 1.29 is 8.42 Å². The molecule has 0 saturated carbocycles. The second kappa shape index (κ2) is 4.88. The molecule has 0 unspecified atom stereocenters. The molecule has 2 rings (SSSR count). The third kappa shape index (κ3) is 2.42. The molecule has 0 bridgehead atoms. The molecule has 18 heavy (non-hydrogen) atoms. The summed E-state index contributed by atoms with van der Waals surface area (Å²) in [5, 5.41) is 0. The van der Waals surface area contributed by atoms with E-state index in [9.17, 15) is 8.42 Å². The summed E-state index contributed by atoms with van der Waals surface area (Å²) in [5.74, 6) is 0. The largest absolute Gasteiger partial charge is 0.265 e. The summed E-state index contributed by atoms with van der Waals surface area (Å²) in [6.45, 7) is 0. The van der Waals surface area contributed by atoms with Gasteiger partial charge in [-0.15, -0.1) is 0 Å². The van der Waals surface area contributed by atoms with Crippen LogP contribution in [0.1, 0.15) is 0 Å². The molecule has 4 nitrogen and oxygen atoms in total. The molecule has 0 aliphatic heterocycles. The molecule has 94 valence electrons. The van der Waals surface area contributed by atoms with Gasteiger partial charge < -0.3 is 0 Å². The maximum Gasteiger partial charge on any atom is 0.242 e. The number of rotatable bonds is 3. The van der Waals surface area contributed by atoms with Crippen molar-refractivity contribution in [1.29, 1.82) is 0 Å². The first-order valence-corrected chi connectivity index (χ1v) is 6.89. The molecule has 1 aromatic heterocycles. The highest BCUT2D eigenvalue weighted by Gasteiger charge is 2.16. The van der Waals surface area contributed by atoms with Crippen molar-refractivity contribution >= 4 is 10.0 Å². The molecule has 0 N–H and O–H groups in total. The minimum absolute atomic E-state index is 0.297. The standard InChI is InChI=1S/C13H14N2O2S/c1-15(2)18(16,17)13-5-3-11(4-6-13)12-7-9-14-10-8-12/h3-10H,1-2H3. The van der Waals surface area contributed by atoms with Crippen LogP contribution in [0, 0.1) is 0 Å². The van der Waals surface area contributed by atoms with Crippen LogP contribution >= 0.6 is 0 Å². The second-order valence-electron chi connectivity index (χ2n) is 4.05. The third-order valence-electron chi connectivity index (χ3n) is 2.65. The average molecular weight is 262 g/mol. The summed E-state index contributed by atoms with van der Waals surface area (Å²) in [4.78, 5) is 4.24. The summed E-state index contributed by atoms with van der Waals surface area (Å²) in [5.41, 5.74) is 1.98. The lowest BCUT2D eigenvalue weighted by atomic mass is 10.1. The minimum atomic E-state index is -3.35. The molecule has 0 amide bonds. The van der Waals surface area contributed by atoms with Crippen molar-refractivity contribution in [2.24, 2.45) is 0 Å². The van der Waals surface area contributed by atoms with Gasteiger partial charge in [0.05, 0.1) is 4.90 Å². The van der Waals surface area contributed by atoms with Crippen LogP contribution in [0.25, 0.3) is 11.1 Å². The number of nitrogens with zero attached hydrogens (tertiary/aromatic N) is 2. The van der Waals surface area contributed by atoms with Crippen molar-refractivity contribution in [2.45, 2.75) is 4.90 Å². The Bertz CT molecular complexity index is 620. The van der Waals surface area contributed by atoms with Gasteiger partial charge in [0.2, 0.25) is 10.0 Å². The van der Waals surface area contributed by atoms with E-state index in [1.807, 2.05) is 12.1 Å². The van der Waals surface area contributed by atoms with Crippen LogP contribution < -0.4 is 0 Å². The maximum atomic E-state index is 11.9. The molecule has 0 fully saturated rings. The van der Waals surface area contributed by atoms with E-state index in [4.69, 9.17) is 0 Å². The molecule has 0 radical (unpaired) electrons. The monoisotopic (exact) mass is 262 g/mol. The van der Waals surface area contributed by atoms with Gasteiger partial charge in [-0.1, -0.05) is 12.1 Å². The predicted molar refractivity (Wildman–Crippen MR) is 70.5 cm³/mol. The molecule has 0 spiro atoms. The SMILES string of the molecule is CN(C)S(=O)(=O)c1ccc(-c2ccncc2)cc1. The van der Waals surface area contributed by atoms with Gasteiger partial charge in [0.1, 0.15) is 0 Å². The van der Waals surface area contributed by atoms with Crippen LogP contribution in [-0.4, -0.2) is 31.8 Å². The Kier molecular flexibility index (Phi) is 3.45. The lowest BCUT2D eigenvalue weighted by Gasteiger charge is -2.11. The molecular formula is C13H14N2O2S. The first kappa shape index (κ1) is 12.7. The number of sulfonamides is 1. The quantitative estimate of drug-likeness (QED) is 0.850. The Labute approximate surface area is 107 Å². The Morgan fingerprint density at radius 1 is 0.889 bits per heavy atom. The van der Waals surface area contributed by atoms with E-state index in [2.05, 4.69) is 4.98 Å². The van der Waals surface area contributed by atoms with Crippen LogP contribution in [0.2, 0.25) is 0 Å². The number of pyridine rings is 1. The fourth-order valence-corrected chi connectivity index (χ4v) is 2.48. The summed E-state index contributed by atoms with van der Waals surface area (Å²) < 4.78 is 25.0. The normalized spacial score (nSPS) is 11.7. The molecule has 1 heterocycles. The number of aromatic nitrogens is 1. The highest BCUT2D eigenvalue weighted by atomic mass is 32.2. The van der Waals surface area contributed by atoms with Gasteiger partial charge in [0, 0.05) is 26.5 Å². The highest BCUT2D eigenvalue weighted by Crippen LogP contribution is 2.21. The molecule has 0 atom stereocenters. The average Bonchev–Trinajstić information content (AvgIpc) is 2.40. The van der Waals surface area contributed by atoms with Crippen LogP contribution in [0.15, 0.2) is 53.7 Å². The Morgan fingerprint density at radius 2 is 1.39 bits per heavy atom. The van der Waals surface area contributed by atoms with Crippen molar-refractivity contribution in [3.05, 3.63) is 48.8 Å². The van der Waals surface area contributed by atoms with Crippen molar-refractivity contribution in [2.75, 3.05) is 14.1 Å². The van der Waals surface area contributed by atoms with Gasteiger partial charge in [0.15, 0.2) is 0 Å². The molecule has 1 aromatic carbocycles. The zero-order valence-corrected chi connectivity index (χ0v) is 11.1. The third-order valence-corrected chi connectivity index (χ3v) is 4.48. The van der Waals surface area contributed by atoms with Crippen LogP contribution in [0.3, 0.4) is 0 Å². The van der Waals surface area contributed by atoms with E-state index >= 15 is 0 Å². The van der Waals surface area contributed by atoms with Crippen LogP contribution in [0.4, 0.5) is 0 Å². The number of benzene rings is 1. The number of hydrogen-bond acceptors (Lipinski definition) is 3. The molecule has 5 heteroatoms. The fourth-order valence-electron chi connectivity index (χ4n) is 1.57. The summed E-state index contributed by atoms with van der Waals surface area (Å²) >= 11 is 0. The van der Waals surface area contributed by atoms with Crippen molar-refractivity contribution in [3.8, 4) is 11.1 Å². The zero-order valence-electron chi connectivity index (χ0n) is 10.2. The summed E-state index contributed by atoms with van der Waals surface area (Å²) in [7, 11) is -0.315. The van der Waals surface area contributed by atoms with E-state index in [1.54, 1.807) is 36.7 Å². The topological polar surface area (TPSA) is 50.3 Å². The van der Waals surface area contributed by atoms with Gasteiger partial charge in [-0.3, -0.25) is 4.98 Å². The predicted octanol–water partition coefficient (Wildman–Crippen LogP) is 2.00. The molecule has 0 aliphatic carbocycles. The van der Waals surface area contributed by atoms with E-state index in [1.165, 1.54) is 18.4 Å². The zero-order chi connectivity index (χ0) is 13.2. The molecule has 0 aliphatic rings. The van der Waals surface area contributed by atoms with Crippen molar-refractivity contribution in [1.82, 2.24) is 9.29 Å². The van der Waals surface area contributed by atoms with Crippen LogP contribution in [0.5, 0.6) is 0 Å². The van der Waals surface area contributed by atoms with Gasteiger partial charge in [-0.25, -0.2) is 12.7 Å². The Hall–Kier alpha value is -1.72. The Morgan fingerprint density at radius 3 is 1.89 bits per heavy atom. The van der Waals surface area contributed by atoms with E-state index < -0.39 is 10.0 Å². The maximum absolute atomic E-state index is 11.9. The van der Waals surface area contributed by atoms with E-state index in [0.29, 0.717) is 4.90 Å². The highest BCUT2D eigenvalue weighted by molar-refractivity contribution is 7.89. The first-order valence-electron chi connectivity index (χ1n) is 5.45. The molecular weight excluding hydrogens is 248 g/mol. The lowest BCUT2D eigenvalue weighted by molar-refractivity contribution is 0.521. The minimum Gasteiger partial charge on any atom is -0.265 e. The van der Waals surface area contributed by atoms with Gasteiger partial charge in [0.25, 0.3) is 0 Å². The summed E-state index contributed by atoms with van der Waals surface area (Å²) in [6, 6.07) is 10.6. The first-order chi connectivity index (χ1) is 8.51. The van der Waals surface area contributed by atoms with Gasteiger partial charge in [-0.2, -0.15) is 0 Å². The van der Waals surface area contributed by atoms with E-state index in [0.717, 1.165) is 11.1 Å². The van der Waals surface area contributed by atoms with Crippen LogP contribution in [-0.2, 0) is 10.0 Å². The second-order valence-corrected chi connectivity index (χ2v) is 6.20. The molecule has 2 aromatic rings.